The Morgan fingerprint density at radius 1 is 1.38 bits per heavy atom. The number of halogens is 2. The van der Waals surface area contributed by atoms with Gasteiger partial charge in [-0.05, 0) is 18.2 Å². The van der Waals surface area contributed by atoms with Crippen molar-refractivity contribution in [1.29, 1.82) is 0 Å². The van der Waals surface area contributed by atoms with Gasteiger partial charge < -0.3 is 9.88 Å². The minimum Gasteiger partial charge on any atom is -0.324 e. The lowest BCUT2D eigenvalue weighted by Crippen LogP contribution is -2.14. The number of nitrogens with zero attached hydrogens (tertiary/aromatic N) is 3. The van der Waals surface area contributed by atoms with Gasteiger partial charge in [-0.1, -0.05) is 41.9 Å². The first-order valence-electron chi connectivity index (χ1n) is 6.27. The van der Waals surface area contributed by atoms with Crippen LogP contribution in [0.1, 0.15) is 12.7 Å². The van der Waals surface area contributed by atoms with Crippen molar-refractivity contribution >= 4 is 46.6 Å². The van der Waals surface area contributed by atoms with Crippen molar-refractivity contribution in [3.05, 3.63) is 34.1 Å². The Morgan fingerprint density at radius 2 is 2.14 bits per heavy atom. The van der Waals surface area contributed by atoms with Gasteiger partial charge in [0, 0.05) is 18.5 Å². The smallest absolute Gasteiger partial charge is 0.234 e. The molecule has 0 aliphatic carbocycles. The molecule has 5 nitrogen and oxygen atoms in total. The number of amides is 1. The molecule has 0 radical (unpaired) electrons. The van der Waals surface area contributed by atoms with Crippen LogP contribution < -0.4 is 5.32 Å². The van der Waals surface area contributed by atoms with E-state index in [1.807, 2.05) is 18.5 Å². The highest BCUT2D eigenvalue weighted by molar-refractivity contribution is 7.99. The van der Waals surface area contributed by atoms with Crippen LogP contribution in [0.15, 0.2) is 23.4 Å². The van der Waals surface area contributed by atoms with E-state index in [4.69, 9.17) is 23.2 Å². The number of aromatic nitrogens is 3. The van der Waals surface area contributed by atoms with Crippen LogP contribution >= 0.6 is 35.0 Å². The monoisotopic (exact) mass is 344 g/mol. The van der Waals surface area contributed by atoms with Gasteiger partial charge in [-0.3, -0.25) is 4.79 Å². The molecule has 0 aliphatic heterocycles. The summed E-state index contributed by atoms with van der Waals surface area (Å²) in [5.74, 6) is 0.930. The zero-order chi connectivity index (χ0) is 15.4. The molecule has 1 aromatic heterocycles. The third kappa shape index (κ3) is 4.12. The number of hydrogen-bond donors (Lipinski definition) is 1. The van der Waals surface area contributed by atoms with Crippen molar-refractivity contribution in [2.24, 2.45) is 7.05 Å². The SMILES string of the molecule is CCc1nnc(SCC(=O)Nc2cc(Cl)ccc2Cl)n1C. The zero-order valence-electron chi connectivity index (χ0n) is 11.6. The molecular formula is C13H14Cl2N4OS. The largest absolute Gasteiger partial charge is 0.324 e. The fraction of sp³-hybridized carbons (Fsp3) is 0.308. The topological polar surface area (TPSA) is 59.8 Å². The average Bonchev–Trinajstić information content (AvgIpc) is 2.81. The highest BCUT2D eigenvalue weighted by Gasteiger charge is 2.11. The lowest BCUT2D eigenvalue weighted by Gasteiger charge is -2.07. The third-order valence-corrected chi connectivity index (χ3v) is 4.36. The second-order valence-corrected chi connectivity index (χ2v) is 6.06. The van der Waals surface area contributed by atoms with E-state index >= 15 is 0 Å². The van der Waals surface area contributed by atoms with Crippen LogP contribution in [0.2, 0.25) is 10.0 Å². The number of rotatable bonds is 5. The first kappa shape index (κ1) is 16.1. The molecule has 0 saturated carbocycles. The maximum Gasteiger partial charge on any atom is 0.234 e. The van der Waals surface area contributed by atoms with Crippen molar-refractivity contribution in [2.45, 2.75) is 18.5 Å². The summed E-state index contributed by atoms with van der Waals surface area (Å²) in [4.78, 5) is 11.9. The number of thioether (sulfide) groups is 1. The van der Waals surface area contributed by atoms with Crippen molar-refractivity contribution in [3.8, 4) is 0 Å². The Morgan fingerprint density at radius 3 is 2.81 bits per heavy atom. The Hall–Kier alpha value is -1.24. The molecule has 2 aromatic rings. The van der Waals surface area contributed by atoms with Gasteiger partial charge in [0.15, 0.2) is 5.16 Å². The summed E-state index contributed by atoms with van der Waals surface area (Å²) in [6.45, 7) is 2.01. The molecule has 1 aromatic carbocycles. The highest BCUT2D eigenvalue weighted by atomic mass is 35.5. The molecule has 0 unspecified atom stereocenters. The normalized spacial score (nSPS) is 10.7. The second kappa shape index (κ2) is 7.15. The summed E-state index contributed by atoms with van der Waals surface area (Å²) in [6, 6.07) is 4.92. The standard InChI is InChI=1S/C13H14Cl2N4OS/c1-3-11-17-18-13(19(11)2)21-7-12(20)16-10-6-8(14)4-5-9(10)15/h4-6H,3,7H2,1-2H3,(H,16,20). The van der Waals surface area contributed by atoms with Gasteiger partial charge in [0.05, 0.1) is 16.5 Å². The molecule has 1 heterocycles. The molecule has 2 rings (SSSR count). The molecule has 0 fully saturated rings. The predicted molar refractivity (Wildman–Crippen MR) is 86.2 cm³/mol. The second-order valence-electron chi connectivity index (χ2n) is 4.27. The number of anilines is 1. The molecular weight excluding hydrogens is 331 g/mol. The maximum atomic E-state index is 11.9. The van der Waals surface area contributed by atoms with Crippen LogP contribution in [0.5, 0.6) is 0 Å². The lowest BCUT2D eigenvalue weighted by atomic mass is 10.3. The van der Waals surface area contributed by atoms with E-state index in [1.54, 1.807) is 18.2 Å². The zero-order valence-corrected chi connectivity index (χ0v) is 13.9. The van der Waals surface area contributed by atoms with Gasteiger partial charge in [0.25, 0.3) is 0 Å². The number of aryl methyl sites for hydroxylation is 1. The van der Waals surface area contributed by atoms with Crippen LogP contribution in [-0.4, -0.2) is 26.4 Å². The fourth-order valence-electron chi connectivity index (χ4n) is 1.69. The van der Waals surface area contributed by atoms with Gasteiger partial charge in [0.1, 0.15) is 5.82 Å². The quantitative estimate of drug-likeness (QED) is 0.844. The summed E-state index contributed by atoms with van der Waals surface area (Å²) >= 11 is 13.2. The van der Waals surface area contributed by atoms with E-state index in [2.05, 4.69) is 15.5 Å². The van der Waals surface area contributed by atoms with E-state index in [1.165, 1.54) is 11.8 Å². The van der Waals surface area contributed by atoms with Crippen molar-refractivity contribution in [3.63, 3.8) is 0 Å². The van der Waals surface area contributed by atoms with Gasteiger partial charge in [0.2, 0.25) is 5.91 Å². The molecule has 0 atom stereocenters. The number of carbonyl (C=O) groups is 1. The fourth-order valence-corrected chi connectivity index (χ4v) is 2.76. The Bertz CT molecular complexity index is 660. The molecule has 21 heavy (non-hydrogen) atoms. The number of hydrogen-bond acceptors (Lipinski definition) is 4. The minimum atomic E-state index is -0.176. The summed E-state index contributed by atoms with van der Waals surface area (Å²) in [5, 5.41) is 12.5. The Kier molecular flexibility index (Phi) is 5.50. The maximum absolute atomic E-state index is 11.9. The van der Waals surface area contributed by atoms with E-state index in [-0.39, 0.29) is 11.7 Å². The Labute approximate surface area is 137 Å². The molecule has 0 saturated heterocycles. The summed E-state index contributed by atoms with van der Waals surface area (Å²) in [5.41, 5.74) is 0.502. The molecule has 8 heteroatoms. The van der Waals surface area contributed by atoms with E-state index < -0.39 is 0 Å². The van der Waals surface area contributed by atoms with Crippen molar-refractivity contribution in [2.75, 3.05) is 11.1 Å². The van der Waals surface area contributed by atoms with Gasteiger partial charge >= 0.3 is 0 Å². The van der Waals surface area contributed by atoms with E-state index in [9.17, 15) is 4.79 Å². The number of benzene rings is 1. The van der Waals surface area contributed by atoms with Crippen LogP contribution in [0, 0.1) is 0 Å². The average molecular weight is 345 g/mol. The highest BCUT2D eigenvalue weighted by Crippen LogP contribution is 2.26. The van der Waals surface area contributed by atoms with Crippen molar-refractivity contribution in [1.82, 2.24) is 14.8 Å². The summed E-state index contributed by atoms with van der Waals surface area (Å²) in [7, 11) is 1.88. The number of carbonyl (C=O) groups excluding carboxylic acids is 1. The van der Waals surface area contributed by atoms with Gasteiger partial charge in [-0.2, -0.15) is 0 Å². The van der Waals surface area contributed by atoms with Crippen LogP contribution in [0.4, 0.5) is 5.69 Å². The lowest BCUT2D eigenvalue weighted by molar-refractivity contribution is -0.113. The van der Waals surface area contributed by atoms with E-state index in [0.717, 1.165) is 12.2 Å². The van der Waals surface area contributed by atoms with Crippen LogP contribution in [0.25, 0.3) is 0 Å². The van der Waals surface area contributed by atoms with Crippen molar-refractivity contribution < 1.29 is 4.79 Å². The first-order valence-corrected chi connectivity index (χ1v) is 8.01. The van der Waals surface area contributed by atoms with E-state index in [0.29, 0.717) is 20.9 Å². The summed E-state index contributed by atoms with van der Waals surface area (Å²) < 4.78 is 1.88. The Balaban J connectivity index is 1.96. The third-order valence-electron chi connectivity index (χ3n) is 2.78. The van der Waals surface area contributed by atoms with Gasteiger partial charge in [-0.25, -0.2) is 0 Å². The van der Waals surface area contributed by atoms with Crippen LogP contribution in [0.3, 0.4) is 0 Å². The molecule has 112 valence electrons. The minimum absolute atomic E-state index is 0.176. The number of nitrogens with one attached hydrogen (secondary N) is 1. The first-order chi connectivity index (χ1) is 10.0. The predicted octanol–water partition coefficient (Wildman–Crippen LogP) is 3.42. The van der Waals surface area contributed by atoms with Gasteiger partial charge in [-0.15, -0.1) is 10.2 Å². The molecule has 1 N–H and O–H groups in total. The summed E-state index contributed by atoms with van der Waals surface area (Å²) in [6.07, 6.45) is 0.800. The van der Waals surface area contributed by atoms with Crippen LogP contribution in [-0.2, 0) is 18.3 Å². The molecule has 0 bridgehead atoms. The molecule has 1 amide bonds. The molecule has 0 spiro atoms. The molecule has 0 aliphatic rings.